The van der Waals surface area contributed by atoms with Gasteiger partial charge in [-0.2, -0.15) is 0 Å². The largest absolute Gasteiger partial charge is 0.378 e. The van der Waals surface area contributed by atoms with Crippen LogP contribution in [0.15, 0.2) is 0 Å². The molecule has 0 bridgehead atoms. The molecule has 1 aliphatic rings. The lowest BCUT2D eigenvalue weighted by molar-refractivity contribution is -0.122. The summed E-state index contributed by atoms with van der Waals surface area (Å²) in [6, 6.07) is 0. The van der Waals surface area contributed by atoms with Crippen LogP contribution in [-0.2, 0) is 9.53 Å². The molecule has 1 rings (SSSR count). The van der Waals surface area contributed by atoms with Gasteiger partial charge < -0.3 is 10.1 Å². The molecule has 13 heavy (non-hydrogen) atoms. The van der Waals surface area contributed by atoms with E-state index in [4.69, 9.17) is 4.74 Å². The van der Waals surface area contributed by atoms with Gasteiger partial charge in [-0.3, -0.25) is 4.79 Å². The fourth-order valence-corrected chi connectivity index (χ4v) is 1.79. The lowest BCUT2D eigenvalue weighted by Crippen LogP contribution is -2.29. The highest BCUT2D eigenvalue weighted by Gasteiger charge is 2.22. The number of carbonyl (C=O) groups excluding carboxylic acids is 1. The second kappa shape index (κ2) is 5.22. The van der Waals surface area contributed by atoms with E-state index in [1.165, 1.54) is 0 Å². The quantitative estimate of drug-likeness (QED) is 0.720. The Kier molecular flexibility index (Phi) is 4.22. The number of amides is 1. The number of ether oxygens (including phenoxy) is 1. The highest BCUT2D eigenvalue weighted by atomic mass is 16.5. The van der Waals surface area contributed by atoms with Gasteiger partial charge in [0, 0.05) is 20.1 Å². The Morgan fingerprint density at radius 2 is 2.38 bits per heavy atom. The van der Waals surface area contributed by atoms with Crippen LogP contribution in [0.4, 0.5) is 0 Å². The predicted octanol–water partition coefficient (Wildman–Crippen LogP) is 1.33. The summed E-state index contributed by atoms with van der Waals surface area (Å²) in [5.74, 6) is 0.681. The lowest BCUT2D eigenvalue weighted by Gasteiger charge is -2.28. The molecule has 0 aliphatic carbocycles. The predicted molar refractivity (Wildman–Crippen MR) is 51.4 cm³/mol. The van der Waals surface area contributed by atoms with Crippen LogP contribution in [0.2, 0.25) is 0 Å². The Bertz CT molecular complexity index is 170. The highest BCUT2D eigenvalue weighted by molar-refractivity contribution is 5.75. The van der Waals surface area contributed by atoms with Crippen molar-refractivity contribution in [1.82, 2.24) is 5.32 Å². The van der Waals surface area contributed by atoms with Crippen molar-refractivity contribution in [1.29, 1.82) is 0 Å². The van der Waals surface area contributed by atoms with Crippen molar-refractivity contribution >= 4 is 5.91 Å². The van der Waals surface area contributed by atoms with Crippen LogP contribution in [0.25, 0.3) is 0 Å². The third-order valence-corrected chi connectivity index (χ3v) is 2.68. The molecular weight excluding hydrogens is 166 g/mol. The molecule has 76 valence electrons. The molecule has 1 amide bonds. The van der Waals surface area contributed by atoms with E-state index in [0.29, 0.717) is 18.4 Å². The average molecular weight is 185 g/mol. The molecule has 0 saturated carbocycles. The van der Waals surface area contributed by atoms with Crippen LogP contribution >= 0.6 is 0 Å². The van der Waals surface area contributed by atoms with Gasteiger partial charge in [0.2, 0.25) is 5.91 Å². The van der Waals surface area contributed by atoms with Crippen molar-refractivity contribution in [2.24, 2.45) is 5.92 Å². The summed E-state index contributed by atoms with van der Waals surface area (Å²) in [6.07, 6.45) is 4.18. The Hall–Kier alpha value is -0.570. The SMILES string of the molecule is CCC1CC(CC(=O)NC)CCO1. The number of hydrogen-bond acceptors (Lipinski definition) is 2. The zero-order valence-corrected chi connectivity index (χ0v) is 8.51. The van der Waals surface area contributed by atoms with E-state index in [1.807, 2.05) is 0 Å². The molecular formula is C10H19NO2. The fourth-order valence-electron chi connectivity index (χ4n) is 1.79. The molecule has 1 heterocycles. The first-order valence-electron chi connectivity index (χ1n) is 5.08. The lowest BCUT2D eigenvalue weighted by atomic mass is 9.91. The molecule has 2 atom stereocenters. The first-order valence-corrected chi connectivity index (χ1v) is 5.08. The van der Waals surface area contributed by atoms with Gasteiger partial charge in [-0.05, 0) is 25.2 Å². The molecule has 0 aromatic carbocycles. The summed E-state index contributed by atoms with van der Waals surface area (Å²) < 4.78 is 5.54. The van der Waals surface area contributed by atoms with Crippen LogP contribution in [0, 0.1) is 5.92 Å². The van der Waals surface area contributed by atoms with Gasteiger partial charge in [0.25, 0.3) is 0 Å². The number of nitrogens with one attached hydrogen (secondary N) is 1. The third kappa shape index (κ3) is 3.35. The van der Waals surface area contributed by atoms with E-state index >= 15 is 0 Å². The van der Waals surface area contributed by atoms with Gasteiger partial charge in [0.1, 0.15) is 0 Å². The smallest absolute Gasteiger partial charge is 0.220 e. The van der Waals surface area contributed by atoms with Crippen molar-refractivity contribution in [3.8, 4) is 0 Å². The van der Waals surface area contributed by atoms with Crippen LogP contribution in [0.5, 0.6) is 0 Å². The summed E-state index contributed by atoms with van der Waals surface area (Å²) in [7, 11) is 1.69. The van der Waals surface area contributed by atoms with E-state index in [1.54, 1.807) is 7.05 Å². The van der Waals surface area contributed by atoms with Crippen LogP contribution in [-0.4, -0.2) is 25.7 Å². The first-order chi connectivity index (χ1) is 6.26. The van der Waals surface area contributed by atoms with Crippen molar-refractivity contribution < 1.29 is 9.53 Å². The van der Waals surface area contributed by atoms with Crippen molar-refractivity contribution in [2.45, 2.75) is 38.7 Å². The Balaban J connectivity index is 2.29. The Morgan fingerprint density at radius 1 is 1.62 bits per heavy atom. The number of carbonyl (C=O) groups is 1. The van der Waals surface area contributed by atoms with E-state index in [-0.39, 0.29) is 5.91 Å². The summed E-state index contributed by atoms with van der Waals surface area (Å²) in [5, 5.41) is 2.67. The van der Waals surface area contributed by atoms with Crippen LogP contribution in [0.3, 0.4) is 0 Å². The zero-order valence-electron chi connectivity index (χ0n) is 8.51. The van der Waals surface area contributed by atoms with Crippen LogP contribution in [0.1, 0.15) is 32.6 Å². The number of rotatable bonds is 3. The summed E-state index contributed by atoms with van der Waals surface area (Å²) >= 11 is 0. The maximum Gasteiger partial charge on any atom is 0.220 e. The fraction of sp³-hybridized carbons (Fsp3) is 0.900. The maximum absolute atomic E-state index is 11.1. The molecule has 1 N–H and O–H groups in total. The zero-order chi connectivity index (χ0) is 9.68. The summed E-state index contributed by atoms with van der Waals surface area (Å²) in [5.41, 5.74) is 0. The first kappa shape index (κ1) is 10.5. The minimum Gasteiger partial charge on any atom is -0.378 e. The maximum atomic E-state index is 11.1. The van der Waals surface area contributed by atoms with Gasteiger partial charge in [0.05, 0.1) is 6.10 Å². The molecule has 3 nitrogen and oxygen atoms in total. The average Bonchev–Trinajstić information content (AvgIpc) is 2.18. The molecule has 2 unspecified atom stereocenters. The Labute approximate surface area is 79.8 Å². The van der Waals surface area contributed by atoms with Gasteiger partial charge in [-0.15, -0.1) is 0 Å². The monoisotopic (exact) mass is 185 g/mol. The van der Waals surface area contributed by atoms with Gasteiger partial charge in [-0.1, -0.05) is 6.92 Å². The highest BCUT2D eigenvalue weighted by Crippen LogP contribution is 2.24. The van der Waals surface area contributed by atoms with Crippen molar-refractivity contribution in [3.63, 3.8) is 0 Å². The van der Waals surface area contributed by atoms with E-state index < -0.39 is 0 Å². The van der Waals surface area contributed by atoms with Crippen molar-refractivity contribution in [3.05, 3.63) is 0 Å². The van der Waals surface area contributed by atoms with Crippen molar-refractivity contribution in [2.75, 3.05) is 13.7 Å². The topological polar surface area (TPSA) is 38.3 Å². The summed E-state index contributed by atoms with van der Waals surface area (Å²) in [6.45, 7) is 2.95. The molecule has 0 radical (unpaired) electrons. The normalized spacial score (nSPS) is 28.5. The van der Waals surface area contributed by atoms with Gasteiger partial charge in [-0.25, -0.2) is 0 Å². The standard InChI is InChI=1S/C10H19NO2/c1-3-9-6-8(4-5-13-9)7-10(12)11-2/h8-9H,3-7H2,1-2H3,(H,11,12). The second-order valence-corrected chi connectivity index (χ2v) is 3.67. The molecule has 3 heteroatoms. The molecule has 1 saturated heterocycles. The van der Waals surface area contributed by atoms with Crippen LogP contribution < -0.4 is 5.32 Å². The third-order valence-electron chi connectivity index (χ3n) is 2.68. The molecule has 0 spiro atoms. The van der Waals surface area contributed by atoms with Gasteiger partial charge in [0.15, 0.2) is 0 Å². The molecule has 0 aromatic rings. The van der Waals surface area contributed by atoms with E-state index in [9.17, 15) is 4.79 Å². The minimum atomic E-state index is 0.154. The second-order valence-electron chi connectivity index (χ2n) is 3.67. The molecule has 0 aromatic heterocycles. The minimum absolute atomic E-state index is 0.154. The van der Waals surface area contributed by atoms with E-state index in [2.05, 4.69) is 12.2 Å². The molecule has 1 aliphatic heterocycles. The Morgan fingerprint density at radius 3 is 3.00 bits per heavy atom. The number of hydrogen-bond donors (Lipinski definition) is 1. The van der Waals surface area contributed by atoms with E-state index in [0.717, 1.165) is 25.9 Å². The molecule has 1 fully saturated rings. The summed E-state index contributed by atoms with van der Waals surface area (Å²) in [4.78, 5) is 11.1. The van der Waals surface area contributed by atoms with Gasteiger partial charge >= 0.3 is 0 Å².